The smallest absolute Gasteiger partial charge is 0.212 e. The molecule has 2 fully saturated rings. The van der Waals surface area contributed by atoms with Crippen molar-refractivity contribution in [2.75, 3.05) is 38.2 Å². The van der Waals surface area contributed by atoms with Crippen molar-refractivity contribution < 1.29 is 14.2 Å². The first kappa shape index (κ1) is 21.0. The summed E-state index contributed by atoms with van der Waals surface area (Å²) in [6.45, 7) is 13.1. The number of ether oxygens (including phenoxy) is 3. The zero-order valence-electron chi connectivity index (χ0n) is 18.6. The molecule has 0 atom stereocenters. The largest absolute Gasteiger partial charge is 0.481 e. The fourth-order valence-corrected chi connectivity index (χ4v) is 3.72. The number of pyridine rings is 2. The van der Waals surface area contributed by atoms with Crippen molar-refractivity contribution in [3.63, 3.8) is 0 Å². The van der Waals surface area contributed by atoms with Crippen LogP contribution in [-0.4, -0.2) is 59.4 Å². The molecule has 7 nitrogen and oxygen atoms in total. The van der Waals surface area contributed by atoms with Crippen LogP contribution in [0.2, 0.25) is 0 Å². The van der Waals surface area contributed by atoms with E-state index in [1.165, 1.54) is 5.56 Å². The van der Waals surface area contributed by atoms with E-state index < -0.39 is 0 Å². The first-order valence-electron chi connectivity index (χ1n) is 10.6. The Labute approximate surface area is 179 Å². The summed E-state index contributed by atoms with van der Waals surface area (Å²) in [5.41, 5.74) is 1.48. The van der Waals surface area contributed by atoms with Gasteiger partial charge in [0.25, 0.3) is 0 Å². The highest BCUT2D eigenvalue weighted by atomic mass is 16.7. The van der Waals surface area contributed by atoms with Crippen LogP contribution >= 0.6 is 0 Å². The van der Waals surface area contributed by atoms with E-state index in [0.29, 0.717) is 5.88 Å². The molecule has 30 heavy (non-hydrogen) atoms. The highest BCUT2D eigenvalue weighted by Crippen LogP contribution is 2.44. The highest BCUT2D eigenvalue weighted by Gasteiger charge is 2.49. The van der Waals surface area contributed by atoms with E-state index in [9.17, 15) is 0 Å². The Balaban J connectivity index is 1.32. The second kappa shape index (κ2) is 8.13. The summed E-state index contributed by atoms with van der Waals surface area (Å²) >= 11 is 0. The lowest BCUT2D eigenvalue weighted by Crippen LogP contribution is -2.46. The molecule has 2 aromatic rings. The topological polar surface area (TPSA) is 60.0 Å². The van der Waals surface area contributed by atoms with Crippen molar-refractivity contribution in [2.24, 2.45) is 0 Å². The monoisotopic (exact) mass is 412 g/mol. The second-order valence-electron chi connectivity index (χ2n) is 9.01. The third-order valence-corrected chi connectivity index (χ3v) is 6.41. The molecule has 0 aliphatic carbocycles. The van der Waals surface area contributed by atoms with E-state index in [0.717, 1.165) is 44.1 Å². The number of rotatable bonds is 5. The molecule has 162 valence electrons. The van der Waals surface area contributed by atoms with E-state index in [2.05, 4.69) is 60.7 Å². The van der Waals surface area contributed by atoms with Crippen molar-refractivity contribution in [2.45, 2.75) is 51.7 Å². The van der Waals surface area contributed by atoms with Crippen LogP contribution < -0.4 is 9.64 Å². The average Bonchev–Trinajstić information content (AvgIpc) is 2.96. The summed E-state index contributed by atoms with van der Waals surface area (Å²) < 4.78 is 17.4. The van der Waals surface area contributed by atoms with Gasteiger partial charge in [0.15, 0.2) is 6.29 Å². The summed E-state index contributed by atoms with van der Waals surface area (Å²) in [6.07, 6.45) is 3.40. The fraction of sp³-hybridized carbons (Fsp3) is 0.565. The van der Waals surface area contributed by atoms with Gasteiger partial charge in [0.05, 0.1) is 18.3 Å². The minimum atomic E-state index is -0.369. The van der Waals surface area contributed by atoms with E-state index in [-0.39, 0.29) is 17.5 Å². The van der Waals surface area contributed by atoms with Crippen molar-refractivity contribution in [3.8, 4) is 5.88 Å². The molecule has 0 unspecified atom stereocenters. The number of aromatic nitrogens is 2. The Morgan fingerprint density at radius 1 is 0.933 bits per heavy atom. The third kappa shape index (κ3) is 4.29. The number of hydrogen-bond donors (Lipinski definition) is 0. The van der Waals surface area contributed by atoms with Gasteiger partial charge in [-0.2, -0.15) is 0 Å². The van der Waals surface area contributed by atoms with E-state index in [1.54, 1.807) is 7.11 Å². The van der Waals surface area contributed by atoms with Crippen molar-refractivity contribution in [1.29, 1.82) is 0 Å². The maximum Gasteiger partial charge on any atom is 0.212 e. The molecule has 0 amide bonds. The molecule has 2 aromatic heterocycles. The molecule has 0 spiro atoms. The van der Waals surface area contributed by atoms with Gasteiger partial charge >= 0.3 is 0 Å². The molecular weight excluding hydrogens is 380 g/mol. The quantitative estimate of drug-likeness (QED) is 0.746. The maximum absolute atomic E-state index is 6.13. The second-order valence-corrected chi connectivity index (χ2v) is 9.01. The van der Waals surface area contributed by atoms with Crippen LogP contribution in [0.15, 0.2) is 36.7 Å². The summed E-state index contributed by atoms with van der Waals surface area (Å²) in [5, 5.41) is 0. The van der Waals surface area contributed by atoms with Crippen LogP contribution in [0, 0.1) is 0 Å². The highest BCUT2D eigenvalue weighted by molar-refractivity contribution is 5.40. The van der Waals surface area contributed by atoms with Crippen LogP contribution in [0.3, 0.4) is 0 Å². The molecule has 0 N–H and O–H groups in total. The fourth-order valence-electron chi connectivity index (χ4n) is 3.72. The van der Waals surface area contributed by atoms with E-state index in [1.807, 2.05) is 18.5 Å². The van der Waals surface area contributed by atoms with Gasteiger partial charge in [-0.05, 0) is 45.4 Å². The summed E-state index contributed by atoms with van der Waals surface area (Å²) in [5.74, 6) is 1.65. The van der Waals surface area contributed by atoms with Crippen LogP contribution in [0.25, 0.3) is 0 Å². The minimum absolute atomic E-state index is 0.341. The van der Waals surface area contributed by atoms with Gasteiger partial charge in [-0.15, -0.1) is 0 Å². The number of methoxy groups -OCH3 is 1. The summed E-state index contributed by atoms with van der Waals surface area (Å²) in [7, 11) is 1.64. The molecular formula is C23H32N4O3. The third-order valence-electron chi connectivity index (χ3n) is 6.41. The zero-order valence-corrected chi connectivity index (χ0v) is 18.6. The first-order valence-corrected chi connectivity index (χ1v) is 10.6. The Hall–Kier alpha value is -2.22. The Morgan fingerprint density at radius 3 is 2.17 bits per heavy atom. The molecule has 0 aromatic carbocycles. The lowest BCUT2D eigenvalue weighted by molar-refractivity contribution is -0.0897. The van der Waals surface area contributed by atoms with Crippen molar-refractivity contribution >= 4 is 5.82 Å². The zero-order chi connectivity index (χ0) is 21.4. The van der Waals surface area contributed by atoms with Crippen molar-refractivity contribution in [3.05, 3.63) is 47.8 Å². The lowest BCUT2D eigenvalue weighted by atomic mass is 9.90. The normalized spacial score (nSPS) is 21.7. The Kier molecular flexibility index (Phi) is 5.70. The van der Waals surface area contributed by atoms with Gasteiger partial charge < -0.3 is 19.1 Å². The molecule has 2 aliphatic rings. The number of anilines is 1. The predicted octanol–water partition coefficient (Wildman–Crippen LogP) is 3.41. The first-order chi connectivity index (χ1) is 14.3. The molecule has 4 heterocycles. The van der Waals surface area contributed by atoms with Crippen LogP contribution in [0.4, 0.5) is 5.82 Å². The molecule has 2 aliphatic heterocycles. The standard InChI is InChI=1S/C23H32N4O3/c1-22(2)23(3,4)30-21(29-22)18-7-8-19(24-15-18)27-12-10-26(11-13-27)16-17-6-9-20(28-5)25-14-17/h6-9,14-15,21H,10-13,16H2,1-5H3. The number of piperazine rings is 1. The minimum Gasteiger partial charge on any atom is -0.481 e. The van der Waals surface area contributed by atoms with Gasteiger partial charge in [-0.3, -0.25) is 4.90 Å². The molecule has 4 rings (SSSR count). The number of nitrogens with zero attached hydrogens (tertiary/aromatic N) is 4. The maximum atomic E-state index is 6.13. The SMILES string of the molecule is COc1ccc(CN2CCN(c3ccc(C4OC(C)(C)C(C)(C)O4)cn3)CC2)cn1. The van der Waals surface area contributed by atoms with Crippen LogP contribution in [-0.2, 0) is 16.0 Å². The van der Waals surface area contributed by atoms with Gasteiger partial charge in [-0.1, -0.05) is 6.07 Å². The Bertz CT molecular complexity index is 828. The number of hydrogen-bond acceptors (Lipinski definition) is 7. The van der Waals surface area contributed by atoms with Gasteiger partial charge in [0.1, 0.15) is 5.82 Å². The Morgan fingerprint density at radius 2 is 1.63 bits per heavy atom. The average molecular weight is 413 g/mol. The van der Waals surface area contributed by atoms with E-state index >= 15 is 0 Å². The van der Waals surface area contributed by atoms with Gasteiger partial charge in [-0.25, -0.2) is 9.97 Å². The lowest BCUT2D eigenvalue weighted by Gasteiger charge is -2.35. The summed E-state index contributed by atoms with van der Waals surface area (Å²) in [6, 6.07) is 8.13. The molecule has 2 saturated heterocycles. The summed E-state index contributed by atoms with van der Waals surface area (Å²) in [4.78, 5) is 13.8. The molecule has 7 heteroatoms. The van der Waals surface area contributed by atoms with E-state index in [4.69, 9.17) is 19.2 Å². The van der Waals surface area contributed by atoms with Crippen molar-refractivity contribution in [1.82, 2.24) is 14.9 Å². The van der Waals surface area contributed by atoms with Crippen LogP contribution in [0.1, 0.15) is 45.1 Å². The van der Waals surface area contributed by atoms with Crippen LogP contribution in [0.5, 0.6) is 5.88 Å². The predicted molar refractivity (Wildman–Crippen MR) is 116 cm³/mol. The molecule has 0 bridgehead atoms. The molecule has 0 saturated carbocycles. The molecule has 0 radical (unpaired) electrons. The van der Waals surface area contributed by atoms with Gasteiger partial charge in [0.2, 0.25) is 5.88 Å². The van der Waals surface area contributed by atoms with Gasteiger partial charge in [0, 0.05) is 56.7 Å².